The molecular weight excluding hydrogens is 416 g/mol. The first-order valence-electron chi connectivity index (χ1n) is 9.64. The maximum absolute atomic E-state index is 12.8. The Morgan fingerprint density at radius 1 is 1.07 bits per heavy atom. The number of aromatic nitrogens is 1. The van der Waals surface area contributed by atoms with Gasteiger partial charge in [0, 0.05) is 46.7 Å². The molecule has 1 fully saturated rings. The standard InChI is InChI=1S/C23H23BrN2O2/c1-16-5-7-17(8-6-16)23(28)18-9-12-25(13-10-18)15-26-14-11-21(27)19-3-2-4-20(24)22(19)26/h2-8,11,14,18H,9-10,12-13,15H2,1H3. The molecule has 28 heavy (non-hydrogen) atoms. The summed E-state index contributed by atoms with van der Waals surface area (Å²) < 4.78 is 3.04. The zero-order chi connectivity index (χ0) is 19.7. The first-order valence-corrected chi connectivity index (χ1v) is 10.4. The van der Waals surface area contributed by atoms with Gasteiger partial charge in [0.05, 0.1) is 12.2 Å². The Morgan fingerprint density at radius 2 is 1.79 bits per heavy atom. The fraction of sp³-hybridized carbons (Fsp3) is 0.304. The summed E-state index contributed by atoms with van der Waals surface area (Å²) in [4.78, 5) is 27.3. The van der Waals surface area contributed by atoms with E-state index in [1.165, 1.54) is 5.56 Å². The van der Waals surface area contributed by atoms with Gasteiger partial charge in [-0.3, -0.25) is 14.5 Å². The molecule has 0 N–H and O–H groups in total. The number of halogens is 1. The Kier molecular flexibility index (Phi) is 5.47. The molecule has 1 aromatic heterocycles. The maximum Gasteiger partial charge on any atom is 0.189 e. The lowest BCUT2D eigenvalue weighted by Crippen LogP contribution is -2.37. The largest absolute Gasteiger partial charge is 0.333 e. The van der Waals surface area contributed by atoms with Crippen LogP contribution in [0.15, 0.2) is 64.0 Å². The molecule has 0 radical (unpaired) electrons. The van der Waals surface area contributed by atoms with Crippen molar-refractivity contribution in [3.05, 3.63) is 80.6 Å². The van der Waals surface area contributed by atoms with Crippen LogP contribution in [0.5, 0.6) is 0 Å². The number of carbonyl (C=O) groups is 1. The van der Waals surface area contributed by atoms with Gasteiger partial charge in [0.1, 0.15) is 0 Å². The molecule has 0 amide bonds. The second-order valence-electron chi connectivity index (χ2n) is 7.55. The highest BCUT2D eigenvalue weighted by molar-refractivity contribution is 9.10. The molecule has 0 spiro atoms. The molecule has 4 nitrogen and oxygen atoms in total. The molecule has 1 aliphatic rings. The third-order valence-electron chi connectivity index (χ3n) is 5.59. The highest BCUT2D eigenvalue weighted by atomic mass is 79.9. The van der Waals surface area contributed by atoms with Crippen molar-refractivity contribution in [1.29, 1.82) is 0 Å². The van der Waals surface area contributed by atoms with Crippen LogP contribution in [0.2, 0.25) is 0 Å². The number of fused-ring (bicyclic) bond motifs is 1. The van der Waals surface area contributed by atoms with Gasteiger partial charge >= 0.3 is 0 Å². The summed E-state index contributed by atoms with van der Waals surface area (Å²) in [5, 5.41) is 0.723. The van der Waals surface area contributed by atoms with Gasteiger partial charge < -0.3 is 4.57 Å². The van der Waals surface area contributed by atoms with Crippen molar-refractivity contribution in [2.24, 2.45) is 5.92 Å². The van der Waals surface area contributed by atoms with E-state index in [-0.39, 0.29) is 17.1 Å². The van der Waals surface area contributed by atoms with Crippen molar-refractivity contribution in [1.82, 2.24) is 9.47 Å². The van der Waals surface area contributed by atoms with Crippen LogP contribution >= 0.6 is 15.9 Å². The number of hydrogen-bond donors (Lipinski definition) is 0. The Labute approximate surface area is 172 Å². The second kappa shape index (κ2) is 8.02. The van der Waals surface area contributed by atoms with Crippen molar-refractivity contribution in [3.8, 4) is 0 Å². The summed E-state index contributed by atoms with van der Waals surface area (Å²) in [5.41, 5.74) is 2.95. The first-order chi connectivity index (χ1) is 13.5. The van der Waals surface area contributed by atoms with Crippen LogP contribution in [0.4, 0.5) is 0 Å². The summed E-state index contributed by atoms with van der Waals surface area (Å²) in [6, 6.07) is 15.2. The highest BCUT2D eigenvalue weighted by Crippen LogP contribution is 2.25. The molecule has 4 rings (SSSR count). The van der Waals surface area contributed by atoms with Gasteiger partial charge in [-0.15, -0.1) is 0 Å². The predicted molar refractivity (Wildman–Crippen MR) is 116 cm³/mol. The Bertz CT molecular complexity index is 1060. The minimum absolute atomic E-state index is 0.0370. The van der Waals surface area contributed by atoms with Crippen molar-refractivity contribution in [2.75, 3.05) is 13.1 Å². The van der Waals surface area contributed by atoms with Gasteiger partial charge in [0.2, 0.25) is 0 Å². The summed E-state index contributed by atoms with van der Waals surface area (Å²) in [7, 11) is 0. The average molecular weight is 439 g/mol. The lowest BCUT2D eigenvalue weighted by molar-refractivity contribution is 0.0813. The number of carbonyl (C=O) groups excluding carboxylic acids is 1. The van der Waals surface area contributed by atoms with Crippen LogP contribution in [0.25, 0.3) is 10.9 Å². The third-order valence-corrected chi connectivity index (χ3v) is 6.23. The number of benzene rings is 2. The van der Waals surface area contributed by atoms with E-state index >= 15 is 0 Å². The SMILES string of the molecule is Cc1ccc(C(=O)C2CCN(Cn3ccc(=O)c4cccc(Br)c43)CC2)cc1. The molecule has 0 atom stereocenters. The molecule has 2 aromatic carbocycles. The van der Waals surface area contributed by atoms with Crippen LogP contribution in [-0.2, 0) is 6.67 Å². The minimum Gasteiger partial charge on any atom is -0.333 e. The van der Waals surface area contributed by atoms with E-state index in [4.69, 9.17) is 0 Å². The molecule has 0 saturated carbocycles. The summed E-state index contributed by atoms with van der Waals surface area (Å²) in [5.74, 6) is 0.354. The van der Waals surface area contributed by atoms with Gasteiger partial charge in [0.25, 0.3) is 0 Å². The zero-order valence-electron chi connectivity index (χ0n) is 15.9. The molecular formula is C23H23BrN2O2. The monoisotopic (exact) mass is 438 g/mol. The summed E-state index contributed by atoms with van der Waals surface area (Å²) >= 11 is 3.58. The van der Waals surface area contributed by atoms with Gasteiger partial charge in [-0.25, -0.2) is 0 Å². The topological polar surface area (TPSA) is 42.3 Å². The van der Waals surface area contributed by atoms with Crippen LogP contribution in [0, 0.1) is 12.8 Å². The van der Waals surface area contributed by atoms with Crippen LogP contribution in [0.3, 0.4) is 0 Å². The third kappa shape index (κ3) is 3.82. The maximum atomic E-state index is 12.8. The number of para-hydroxylation sites is 1. The minimum atomic E-state index is 0.0370. The normalized spacial score (nSPS) is 15.8. The van der Waals surface area contributed by atoms with Crippen LogP contribution < -0.4 is 5.43 Å². The number of rotatable bonds is 4. The summed E-state index contributed by atoms with van der Waals surface area (Å²) in [6.07, 6.45) is 3.59. The molecule has 3 aromatic rings. The van der Waals surface area contributed by atoms with E-state index in [1.807, 2.05) is 55.6 Å². The highest BCUT2D eigenvalue weighted by Gasteiger charge is 2.26. The van der Waals surface area contributed by atoms with E-state index < -0.39 is 0 Å². The first kappa shape index (κ1) is 19.1. The van der Waals surface area contributed by atoms with Gasteiger partial charge in [0.15, 0.2) is 11.2 Å². The number of pyridine rings is 1. The van der Waals surface area contributed by atoms with Gasteiger partial charge in [-0.2, -0.15) is 0 Å². The van der Waals surface area contributed by atoms with Crippen LogP contribution in [0.1, 0.15) is 28.8 Å². The number of Topliss-reactive ketones (excluding diaryl/α,β-unsaturated/α-hetero) is 1. The van der Waals surface area contributed by atoms with E-state index in [2.05, 4.69) is 25.4 Å². The van der Waals surface area contributed by atoms with Crippen molar-refractivity contribution in [3.63, 3.8) is 0 Å². The second-order valence-corrected chi connectivity index (χ2v) is 8.40. The fourth-order valence-corrected chi connectivity index (χ4v) is 4.55. The summed E-state index contributed by atoms with van der Waals surface area (Å²) in [6.45, 7) is 4.50. The number of likely N-dealkylation sites (tertiary alicyclic amines) is 1. The molecule has 144 valence electrons. The van der Waals surface area contributed by atoms with E-state index in [0.717, 1.165) is 46.9 Å². The number of hydrogen-bond acceptors (Lipinski definition) is 3. The average Bonchev–Trinajstić information content (AvgIpc) is 2.71. The Balaban J connectivity index is 1.46. The lowest BCUT2D eigenvalue weighted by atomic mass is 9.89. The molecule has 2 heterocycles. The Hall–Kier alpha value is -2.24. The quantitative estimate of drug-likeness (QED) is 0.557. The zero-order valence-corrected chi connectivity index (χ0v) is 17.5. The number of piperidine rings is 1. The van der Waals surface area contributed by atoms with Gasteiger partial charge in [-0.1, -0.05) is 35.9 Å². The van der Waals surface area contributed by atoms with Crippen molar-refractivity contribution in [2.45, 2.75) is 26.4 Å². The predicted octanol–water partition coefficient (Wildman–Crippen LogP) is 4.62. The molecule has 0 aliphatic carbocycles. The number of nitrogens with zero attached hydrogens (tertiary/aromatic N) is 2. The van der Waals surface area contributed by atoms with Crippen molar-refractivity contribution >= 4 is 32.6 Å². The Morgan fingerprint density at radius 3 is 2.50 bits per heavy atom. The lowest BCUT2D eigenvalue weighted by Gasteiger charge is -2.32. The molecule has 0 bridgehead atoms. The van der Waals surface area contributed by atoms with E-state index in [9.17, 15) is 9.59 Å². The number of aryl methyl sites for hydroxylation is 1. The smallest absolute Gasteiger partial charge is 0.189 e. The van der Waals surface area contributed by atoms with Crippen molar-refractivity contribution < 1.29 is 4.79 Å². The molecule has 0 unspecified atom stereocenters. The molecule has 1 saturated heterocycles. The fourth-order valence-electron chi connectivity index (χ4n) is 3.95. The molecule has 5 heteroatoms. The van der Waals surface area contributed by atoms with E-state index in [0.29, 0.717) is 6.67 Å². The van der Waals surface area contributed by atoms with Crippen LogP contribution in [-0.4, -0.2) is 28.3 Å². The van der Waals surface area contributed by atoms with E-state index in [1.54, 1.807) is 6.07 Å². The molecule has 1 aliphatic heterocycles. The van der Waals surface area contributed by atoms with Gasteiger partial charge in [-0.05, 0) is 47.8 Å². The number of ketones is 1.